The summed E-state index contributed by atoms with van der Waals surface area (Å²) in [6, 6.07) is 11.6. The topological polar surface area (TPSA) is 107 Å². The summed E-state index contributed by atoms with van der Waals surface area (Å²) >= 11 is 0. The van der Waals surface area contributed by atoms with Gasteiger partial charge in [-0.05, 0) is 41.3 Å². The second-order valence-corrected chi connectivity index (χ2v) is 10.2. The molecule has 0 aromatic heterocycles. The van der Waals surface area contributed by atoms with E-state index < -0.39 is 54.6 Å². The number of carbonyl (C=O) groups is 5. The molecular weight excluding hydrogens is 529 g/mol. The summed E-state index contributed by atoms with van der Waals surface area (Å²) in [5, 5.41) is 2.18. The Hall–Kier alpha value is -4.06. The molecule has 9 nitrogen and oxygen atoms in total. The molecule has 0 saturated carbocycles. The molecule has 2 saturated heterocycles. The third-order valence-corrected chi connectivity index (χ3v) is 7.45. The lowest BCUT2D eigenvalue weighted by molar-refractivity contribution is -0.150. The largest absolute Gasteiger partial charge is 0.389 e. The Morgan fingerprint density at radius 2 is 1.60 bits per heavy atom. The average Bonchev–Trinajstić information content (AvgIpc) is 3.16. The first-order valence-corrected chi connectivity index (χ1v) is 13.0. The van der Waals surface area contributed by atoms with E-state index in [1.807, 2.05) is 24.3 Å². The van der Waals surface area contributed by atoms with Gasteiger partial charge < -0.3 is 4.90 Å². The van der Waals surface area contributed by atoms with Crippen molar-refractivity contribution in [1.29, 1.82) is 0 Å². The number of amides is 5. The van der Waals surface area contributed by atoms with Crippen LogP contribution < -0.4 is 5.32 Å². The molecule has 5 rings (SSSR count). The van der Waals surface area contributed by atoms with Gasteiger partial charge >= 0.3 is 6.18 Å². The zero-order chi connectivity index (χ0) is 28.6. The minimum atomic E-state index is -4.35. The molecule has 40 heavy (non-hydrogen) atoms. The number of halogens is 3. The second kappa shape index (κ2) is 10.8. The van der Waals surface area contributed by atoms with Gasteiger partial charge in [-0.25, -0.2) is 0 Å². The first kappa shape index (κ1) is 27.5. The highest BCUT2D eigenvalue weighted by molar-refractivity contribution is 6.23. The predicted octanol–water partition coefficient (Wildman–Crippen LogP) is 2.74. The van der Waals surface area contributed by atoms with Gasteiger partial charge in [-0.2, -0.15) is 13.2 Å². The third-order valence-electron chi connectivity index (χ3n) is 7.45. The fourth-order valence-electron chi connectivity index (χ4n) is 5.32. The standard InChI is InChI=1S/C28H27F3N4O5/c29-28(30,31)9-8-24(37)34-12-10-33(11-13-34)16-17-2-1-3-18(14-17)19-4-5-20-21(15-19)27(40)35(26(20)39)22-6-7-23(36)32-25(22)38/h1-5,14-15,22H,6-13,16H2,(H,32,36,38). The van der Waals surface area contributed by atoms with E-state index in [1.165, 1.54) is 4.90 Å². The zero-order valence-corrected chi connectivity index (χ0v) is 21.5. The van der Waals surface area contributed by atoms with Crippen molar-refractivity contribution in [3.8, 4) is 11.1 Å². The Morgan fingerprint density at radius 1 is 0.900 bits per heavy atom. The molecule has 1 N–H and O–H groups in total. The number of nitrogens with one attached hydrogen (secondary N) is 1. The summed E-state index contributed by atoms with van der Waals surface area (Å²) in [7, 11) is 0. The average molecular weight is 557 g/mol. The maximum atomic E-state index is 13.2. The van der Waals surface area contributed by atoms with Crippen molar-refractivity contribution >= 4 is 29.5 Å². The number of rotatable bonds is 6. The quantitative estimate of drug-likeness (QED) is 0.549. The summed E-state index contributed by atoms with van der Waals surface area (Å²) in [6.07, 6.45) is -5.87. The van der Waals surface area contributed by atoms with Crippen LogP contribution in [-0.2, 0) is 20.9 Å². The van der Waals surface area contributed by atoms with Crippen LogP contribution in [0.4, 0.5) is 13.2 Å². The van der Waals surface area contributed by atoms with E-state index in [0.717, 1.165) is 16.0 Å². The molecule has 2 fully saturated rings. The first-order valence-electron chi connectivity index (χ1n) is 13.0. The highest BCUT2D eigenvalue weighted by Crippen LogP contribution is 2.32. The Kier molecular flexibility index (Phi) is 7.45. The van der Waals surface area contributed by atoms with Gasteiger partial charge in [0.25, 0.3) is 11.8 Å². The number of piperazine rings is 1. The summed E-state index contributed by atoms with van der Waals surface area (Å²) in [6.45, 7) is 2.37. The Morgan fingerprint density at radius 3 is 2.30 bits per heavy atom. The van der Waals surface area contributed by atoms with E-state index in [1.54, 1.807) is 18.2 Å². The Labute approximate surface area is 227 Å². The van der Waals surface area contributed by atoms with E-state index in [-0.39, 0.29) is 24.0 Å². The van der Waals surface area contributed by atoms with E-state index >= 15 is 0 Å². The summed E-state index contributed by atoms with van der Waals surface area (Å²) in [5.74, 6) is -2.72. The predicted molar refractivity (Wildman–Crippen MR) is 136 cm³/mol. The fourth-order valence-corrected chi connectivity index (χ4v) is 5.32. The summed E-state index contributed by atoms with van der Waals surface area (Å²) in [4.78, 5) is 66.5. The molecule has 0 aliphatic carbocycles. The molecule has 1 unspecified atom stereocenters. The van der Waals surface area contributed by atoms with Gasteiger partial charge in [-0.15, -0.1) is 0 Å². The lowest BCUT2D eigenvalue weighted by atomic mass is 9.98. The lowest BCUT2D eigenvalue weighted by Gasteiger charge is -2.35. The van der Waals surface area contributed by atoms with E-state index in [2.05, 4.69) is 10.2 Å². The van der Waals surface area contributed by atoms with Crippen LogP contribution in [0.1, 0.15) is 52.0 Å². The van der Waals surface area contributed by atoms with Crippen LogP contribution in [0.5, 0.6) is 0 Å². The number of alkyl halides is 3. The van der Waals surface area contributed by atoms with Gasteiger partial charge in [0.2, 0.25) is 17.7 Å². The number of nitrogens with zero attached hydrogens (tertiary/aromatic N) is 3. The fraction of sp³-hybridized carbons (Fsp3) is 0.393. The van der Waals surface area contributed by atoms with Crippen LogP contribution in [0.2, 0.25) is 0 Å². The number of benzene rings is 2. The van der Waals surface area contributed by atoms with Crippen molar-refractivity contribution in [3.63, 3.8) is 0 Å². The molecule has 5 amide bonds. The molecule has 12 heteroatoms. The number of carbonyl (C=O) groups excluding carboxylic acids is 5. The minimum Gasteiger partial charge on any atom is -0.340 e. The van der Waals surface area contributed by atoms with Gasteiger partial charge in [-0.3, -0.25) is 39.1 Å². The molecule has 210 valence electrons. The molecule has 1 atom stereocenters. The molecule has 3 aliphatic heterocycles. The molecule has 0 spiro atoms. The van der Waals surface area contributed by atoms with Crippen LogP contribution >= 0.6 is 0 Å². The molecule has 0 radical (unpaired) electrons. The molecule has 2 aromatic rings. The van der Waals surface area contributed by atoms with Gasteiger partial charge in [-0.1, -0.05) is 24.3 Å². The monoisotopic (exact) mass is 556 g/mol. The van der Waals surface area contributed by atoms with E-state index in [0.29, 0.717) is 38.3 Å². The van der Waals surface area contributed by atoms with Crippen molar-refractivity contribution in [3.05, 3.63) is 59.2 Å². The lowest BCUT2D eigenvalue weighted by Crippen LogP contribution is -2.54. The smallest absolute Gasteiger partial charge is 0.340 e. The third kappa shape index (κ3) is 5.76. The number of imide groups is 2. The second-order valence-electron chi connectivity index (χ2n) is 10.2. The summed E-state index contributed by atoms with van der Waals surface area (Å²) in [5.41, 5.74) is 2.91. The number of hydrogen-bond acceptors (Lipinski definition) is 6. The normalized spacial score (nSPS) is 20.1. The maximum absolute atomic E-state index is 13.2. The highest BCUT2D eigenvalue weighted by atomic mass is 19.4. The molecule has 3 heterocycles. The van der Waals surface area contributed by atoms with Crippen LogP contribution in [0.3, 0.4) is 0 Å². The van der Waals surface area contributed by atoms with Gasteiger partial charge in [0.15, 0.2) is 0 Å². The van der Waals surface area contributed by atoms with Gasteiger partial charge in [0.05, 0.1) is 17.5 Å². The maximum Gasteiger partial charge on any atom is 0.389 e. The van der Waals surface area contributed by atoms with E-state index in [9.17, 15) is 37.1 Å². The summed E-state index contributed by atoms with van der Waals surface area (Å²) < 4.78 is 37.3. The van der Waals surface area contributed by atoms with Crippen molar-refractivity contribution in [2.24, 2.45) is 0 Å². The first-order chi connectivity index (χ1) is 19.0. The number of piperidine rings is 1. The Bertz CT molecular complexity index is 1380. The van der Waals surface area contributed by atoms with Crippen LogP contribution in [-0.4, -0.2) is 82.6 Å². The number of hydrogen-bond donors (Lipinski definition) is 1. The van der Waals surface area contributed by atoms with Crippen molar-refractivity contribution in [2.75, 3.05) is 26.2 Å². The minimum absolute atomic E-state index is 0.0469. The van der Waals surface area contributed by atoms with Crippen LogP contribution in [0, 0.1) is 0 Å². The van der Waals surface area contributed by atoms with Crippen LogP contribution in [0.15, 0.2) is 42.5 Å². The van der Waals surface area contributed by atoms with Gasteiger partial charge in [0.1, 0.15) is 6.04 Å². The van der Waals surface area contributed by atoms with Crippen molar-refractivity contribution in [2.45, 2.75) is 44.4 Å². The van der Waals surface area contributed by atoms with Crippen molar-refractivity contribution in [1.82, 2.24) is 20.0 Å². The Balaban J connectivity index is 1.24. The molecule has 3 aliphatic rings. The van der Waals surface area contributed by atoms with Crippen LogP contribution in [0.25, 0.3) is 11.1 Å². The molecule has 2 aromatic carbocycles. The highest BCUT2D eigenvalue weighted by Gasteiger charge is 2.44. The molecule has 0 bridgehead atoms. The van der Waals surface area contributed by atoms with Crippen molar-refractivity contribution < 1.29 is 37.1 Å². The number of fused-ring (bicyclic) bond motifs is 1. The molecular formula is C28H27F3N4O5. The zero-order valence-electron chi connectivity index (χ0n) is 21.5. The van der Waals surface area contributed by atoms with Gasteiger partial charge in [0, 0.05) is 45.6 Å². The SMILES string of the molecule is O=C1CCC(N2C(=O)c3ccc(-c4cccc(CN5CCN(C(=O)CCC(F)(F)F)CC5)c4)cc3C2=O)C(=O)N1. The van der Waals surface area contributed by atoms with E-state index in [4.69, 9.17) is 0 Å².